The molecule has 28 heavy (non-hydrogen) atoms. The zero-order valence-electron chi connectivity index (χ0n) is 16.0. The van der Waals surface area contributed by atoms with E-state index in [-0.39, 0.29) is 24.5 Å². The third-order valence-corrected chi connectivity index (χ3v) is 4.60. The number of carbonyl (C=O) groups is 1. The third kappa shape index (κ3) is 4.94. The summed E-state index contributed by atoms with van der Waals surface area (Å²) in [6.07, 6.45) is 4.54. The van der Waals surface area contributed by atoms with Gasteiger partial charge in [-0.1, -0.05) is 23.8 Å². The average molecular weight is 386 g/mol. The van der Waals surface area contributed by atoms with Crippen LogP contribution in [0.25, 0.3) is 5.69 Å². The molecule has 0 spiro atoms. The summed E-state index contributed by atoms with van der Waals surface area (Å²) in [4.78, 5) is 16.4. The van der Waals surface area contributed by atoms with Gasteiger partial charge in [-0.3, -0.25) is 9.18 Å². The maximum atomic E-state index is 12.5. The Morgan fingerprint density at radius 1 is 1.29 bits per heavy atom. The first-order valence-electron chi connectivity index (χ1n) is 9.77. The highest BCUT2D eigenvalue weighted by atomic mass is 19.1. The monoisotopic (exact) mass is 386 g/mol. The Bertz CT molecular complexity index is 828. The highest BCUT2D eigenvalue weighted by molar-refractivity contribution is 5.94. The van der Waals surface area contributed by atoms with E-state index in [1.54, 1.807) is 28.9 Å². The van der Waals surface area contributed by atoms with Crippen LogP contribution in [0.1, 0.15) is 60.8 Å². The first-order valence-corrected chi connectivity index (χ1v) is 9.77. The standard InChI is InChI=1S/C20H26FN5O2/c1-2-22-19(27)14-7-11-16(12-8-14)26-17(6-4-3-5-13-21)18(24-25-26)20(28)23-15-9-10-15/h7-8,11-12,15H,2-6,9-10,13H2,1H3,(H,22,27)(H,23,28)/p-1. The number of amides is 1. The average Bonchev–Trinajstić information content (AvgIpc) is 3.41. The number of unbranched alkanes of at least 4 members (excludes halogenated alkanes) is 2. The summed E-state index contributed by atoms with van der Waals surface area (Å²) >= 11 is 0. The number of aromatic nitrogens is 3. The van der Waals surface area contributed by atoms with E-state index in [1.807, 2.05) is 6.92 Å². The second-order valence-electron chi connectivity index (χ2n) is 6.87. The quantitative estimate of drug-likeness (QED) is 0.384. The van der Waals surface area contributed by atoms with Gasteiger partial charge in [0.05, 0.1) is 18.1 Å². The van der Waals surface area contributed by atoms with Crippen LogP contribution in [0.2, 0.25) is 0 Å². The van der Waals surface area contributed by atoms with E-state index in [2.05, 4.69) is 20.6 Å². The molecule has 0 radical (unpaired) electrons. The molecule has 0 saturated heterocycles. The van der Waals surface area contributed by atoms with Gasteiger partial charge in [0.25, 0.3) is 5.91 Å². The highest BCUT2D eigenvalue weighted by Gasteiger charge is 2.27. The van der Waals surface area contributed by atoms with Crippen molar-refractivity contribution in [1.29, 1.82) is 0 Å². The minimum Gasteiger partial charge on any atom is -0.858 e. The van der Waals surface area contributed by atoms with Crippen molar-refractivity contribution in [1.82, 2.24) is 20.3 Å². The lowest BCUT2D eigenvalue weighted by Crippen LogP contribution is -2.27. The molecule has 0 atom stereocenters. The van der Waals surface area contributed by atoms with Crippen molar-refractivity contribution in [2.24, 2.45) is 4.99 Å². The molecule has 1 heterocycles. The molecule has 8 heteroatoms. The lowest BCUT2D eigenvalue weighted by atomic mass is 10.1. The summed E-state index contributed by atoms with van der Waals surface area (Å²) in [7, 11) is 0. The normalized spacial score (nSPS) is 14.3. The van der Waals surface area contributed by atoms with E-state index in [9.17, 15) is 14.3 Å². The van der Waals surface area contributed by atoms with Gasteiger partial charge in [-0.25, -0.2) is 4.68 Å². The molecule has 2 aromatic rings. The molecule has 1 aromatic carbocycles. The van der Waals surface area contributed by atoms with Gasteiger partial charge in [0, 0.05) is 12.6 Å². The van der Waals surface area contributed by atoms with Gasteiger partial charge >= 0.3 is 0 Å². The lowest BCUT2D eigenvalue weighted by molar-refractivity contribution is -0.213. The predicted octanol–water partition coefficient (Wildman–Crippen LogP) is 1.97. The van der Waals surface area contributed by atoms with Crippen LogP contribution in [0, 0.1) is 0 Å². The first-order chi connectivity index (χ1) is 13.6. The Kier molecular flexibility index (Phi) is 6.73. The second-order valence-corrected chi connectivity index (χ2v) is 6.87. The van der Waals surface area contributed by atoms with Crippen LogP contribution in [-0.2, 0) is 6.42 Å². The fourth-order valence-electron chi connectivity index (χ4n) is 2.93. The fourth-order valence-corrected chi connectivity index (χ4v) is 2.93. The van der Waals surface area contributed by atoms with E-state index >= 15 is 0 Å². The minimum atomic E-state index is -0.342. The van der Waals surface area contributed by atoms with Crippen molar-refractivity contribution in [2.75, 3.05) is 13.2 Å². The number of carbonyl (C=O) groups excluding carboxylic acids is 1. The number of nitrogens with zero attached hydrogens (tertiary/aromatic N) is 4. The molecular formula is C20H25FN5O2-. The van der Waals surface area contributed by atoms with Crippen LogP contribution in [0.3, 0.4) is 0 Å². The van der Waals surface area contributed by atoms with Crippen molar-refractivity contribution in [3.05, 3.63) is 41.2 Å². The molecule has 7 nitrogen and oxygen atoms in total. The van der Waals surface area contributed by atoms with Crippen LogP contribution in [0.15, 0.2) is 29.3 Å². The summed E-state index contributed by atoms with van der Waals surface area (Å²) in [5.74, 6) is -0.480. The molecule has 1 aliphatic carbocycles. The molecule has 150 valence electrons. The molecule has 1 saturated carbocycles. The Morgan fingerprint density at radius 2 is 2.04 bits per heavy atom. The third-order valence-electron chi connectivity index (χ3n) is 4.60. The molecule has 1 amide bonds. The molecule has 3 rings (SSSR count). The number of hydrogen-bond acceptors (Lipinski definition) is 5. The van der Waals surface area contributed by atoms with Crippen LogP contribution in [0.4, 0.5) is 4.39 Å². The molecule has 1 fully saturated rings. The number of alkyl halides is 1. The van der Waals surface area contributed by atoms with Crippen molar-refractivity contribution < 1.29 is 14.3 Å². The van der Waals surface area contributed by atoms with Crippen LogP contribution in [-0.4, -0.2) is 46.1 Å². The van der Waals surface area contributed by atoms with Gasteiger partial charge in [-0.15, -0.1) is 5.10 Å². The van der Waals surface area contributed by atoms with Crippen LogP contribution in [0.5, 0.6) is 0 Å². The van der Waals surface area contributed by atoms with E-state index in [4.69, 9.17) is 0 Å². The van der Waals surface area contributed by atoms with Gasteiger partial charge in [0.1, 0.15) is 0 Å². The van der Waals surface area contributed by atoms with Gasteiger partial charge in [0.15, 0.2) is 5.69 Å². The van der Waals surface area contributed by atoms with E-state index in [0.717, 1.165) is 25.7 Å². The number of rotatable bonds is 10. The number of nitrogens with one attached hydrogen (secondary N) is 1. The molecule has 1 aromatic heterocycles. The fraction of sp³-hybridized carbons (Fsp3) is 0.500. The largest absolute Gasteiger partial charge is 0.858 e. The van der Waals surface area contributed by atoms with E-state index in [0.29, 0.717) is 42.0 Å². The molecule has 0 unspecified atom stereocenters. The van der Waals surface area contributed by atoms with E-state index < -0.39 is 0 Å². The summed E-state index contributed by atoms with van der Waals surface area (Å²) in [5.41, 5.74) is 2.23. The van der Waals surface area contributed by atoms with Gasteiger partial charge in [-0.05, 0) is 62.6 Å². The number of hydrogen-bond donors (Lipinski definition) is 1. The van der Waals surface area contributed by atoms with Gasteiger partial charge in [0.2, 0.25) is 0 Å². The number of halogens is 1. The second kappa shape index (κ2) is 9.43. The smallest absolute Gasteiger partial charge is 0.273 e. The van der Waals surface area contributed by atoms with E-state index in [1.165, 1.54) is 0 Å². The molecule has 0 bridgehead atoms. The topological polar surface area (TPSA) is 95.2 Å². The maximum Gasteiger partial charge on any atom is 0.273 e. The van der Waals surface area contributed by atoms with Crippen molar-refractivity contribution in [3.8, 4) is 5.69 Å². The van der Waals surface area contributed by atoms with Crippen molar-refractivity contribution in [3.63, 3.8) is 0 Å². The number of aliphatic imine (C=N–C) groups is 1. The summed E-state index contributed by atoms with van der Waals surface area (Å²) in [6, 6.07) is 7.14. The van der Waals surface area contributed by atoms with Gasteiger partial charge in [-0.2, -0.15) is 0 Å². The summed E-state index contributed by atoms with van der Waals surface area (Å²) in [5, 5.41) is 23.1. The summed E-state index contributed by atoms with van der Waals surface area (Å²) < 4.78 is 14.0. The SMILES string of the molecule is CCN=C([O-])c1ccc(-n2nnc(C(=O)NC3CC3)c2CCCCCF)cc1. The van der Waals surface area contributed by atoms with Crippen LogP contribution < -0.4 is 10.4 Å². The first kappa shape index (κ1) is 20.0. The molecule has 1 aliphatic rings. The van der Waals surface area contributed by atoms with Crippen LogP contribution >= 0.6 is 0 Å². The van der Waals surface area contributed by atoms with Gasteiger partial charge < -0.3 is 15.4 Å². The van der Waals surface area contributed by atoms with Crippen molar-refractivity contribution >= 4 is 11.8 Å². The lowest BCUT2D eigenvalue weighted by Gasteiger charge is -2.12. The molecule has 0 aliphatic heterocycles. The number of benzene rings is 1. The Balaban J connectivity index is 1.85. The maximum absolute atomic E-state index is 12.5. The molecule has 1 N–H and O–H groups in total. The Labute approximate surface area is 163 Å². The predicted molar refractivity (Wildman–Crippen MR) is 102 cm³/mol. The minimum absolute atomic E-state index is 0.220. The highest BCUT2D eigenvalue weighted by Crippen LogP contribution is 2.21. The summed E-state index contributed by atoms with van der Waals surface area (Å²) in [6.45, 7) is 1.90. The Hall–Kier alpha value is -2.77. The van der Waals surface area contributed by atoms with Crippen molar-refractivity contribution in [2.45, 2.75) is 51.5 Å². The molecular weight excluding hydrogens is 361 g/mol. The zero-order valence-corrected chi connectivity index (χ0v) is 16.0. The Morgan fingerprint density at radius 3 is 2.68 bits per heavy atom. The zero-order chi connectivity index (χ0) is 19.9.